The molecule has 0 aliphatic rings. The minimum absolute atomic E-state index is 0.188. The Balaban J connectivity index is 1.72. The van der Waals surface area contributed by atoms with Gasteiger partial charge in [-0.05, 0) is 49.2 Å². The summed E-state index contributed by atoms with van der Waals surface area (Å²) in [6.45, 7) is 0. The Hall–Kier alpha value is -1.46. The second-order valence-electron chi connectivity index (χ2n) is 5.55. The maximum Gasteiger partial charge on any atom is 0.224 e. The number of nitrogens with one attached hydrogen (secondary N) is 2. The highest BCUT2D eigenvalue weighted by molar-refractivity contribution is 6.36. The number of hydrogen-bond donors (Lipinski definition) is 2. The summed E-state index contributed by atoms with van der Waals surface area (Å²) in [6.07, 6.45) is 1.66. The van der Waals surface area contributed by atoms with E-state index in [9.17, 15) is 9.59 Å². The maximum absolute atomic E-state index is 11.9. The molecule has 26 heavy (non-hydrogen) atoms. The Morgan fingerprint density at radius 3 is 1.46 bits per heavy atom. The minimum atomic E-state index is -0.188. The number of amides is 2. The molecule has 0 atom stereocenters. The molecular weight excluding hydrogens is 418 g/mol. The first-order valence-electron chi connectivity index (χ1n) is 7.85. The van der Waals surface area contributed by atoms with E-state index in [1.165, 1.54) is 0 Å². The Bertz CT molecular complexity index is 744. The van der Waals surface area contributed by atoms with Crippen molar-refractivity contribution in [2.24, 2.45) is 0 Å². The first-order chi connectivity index (χ1) is 12.3. The molecule has 8 heteroatoms. The van der Waals surface area contributed by atoms with Crippen molar-refractivity contribution < 1.29 is 9.59 Å². The van der Waals surface area contributed by atoms with Gasteiger partial charge >= 0.3 is 0 Å². The predicted molar refractivity (Wildman–Crippen MR) is 109 cm³/mol. The number of carbonyl (C=O) groups is 2. The third kappa shape index (κ3) is 6.69. The van der Waals surface area contributed by atoms with E-state index < -0.39 is 0 Å². The highest BCUT2D eigenvalue weighted by atomic mass is 35.5. The third-order valence-electron chi connectivity index (χ3n) is 3.46. The fourth-order valence-electron chi connectivity index (χ4n) is 2.18. The number of benzene rings is 2. The van der Waals surface area contributed by atoms with Crippen LogP contribution in [0.4, 0.5) is 11.4 Å². The van der Waals surface area contributed by atoms with Gasteiger partial charge in [-0.15, -0.1) is 0 Å². The monoisotopic (exact) mass is 432 g/mol. The van der Waals surface area contributed by atoms with Gasteiger partial charge in [0.1, 0.15) is 0 Å². The van der Waals surface area contributed by atoms with Crippen LogP contribution < -0.4 is 10.6 Å². The number of rotatable bonds is 7. The molecule has 0 aliphatic heterocycles. The molecule has 2 rings (SSSR count). The highest BCUT2D eigenvalue weighted by Gasteiger charge is 2.09. The quantitative estimate of drug-likeness (QED) is 0.493. The summed E-state index contributed by atoms with van der Waals surface area (Å²) < 4.78 is 0. The lowest BCUT2D eigenvalue weighted by Gasteiger charge is -2.09. The van der Waals surface area contributed by atoms with Crippen LogP contribution in [0.5, 0.6) is 0 Å². The Kier molecular flexibility index (Phi) is 8.04. The summed E-state index contributed by atoms with van der Waals surface area (Å²) in [5.74, 6) is -0.375. The van der Waals surface area contributed by atoms with Crippen molar-refractivity contribution in [1.29, 1.82) is 0 Å². The van der Waals surface area contributed by atoms with Crippen molar-refractivity contribution in [2.75, 3.05) is 10.6 Å². The van der Waals surface area contributed by atoms with Gasteiger partial charge in [0.15, 0.2) is 0 Å². The number of carbonyl (C=O) groups excluding carboxylic acids is 2. The van der Waals surface area contributed by atoms with E-state index in [4.69, 9.17) is 46.4 Å². The van der Waals surface area contributed by atoms with Gasteiger partial charge in [0.25, 0.3) is 0 Å². The molecule has 0 spiro atoms. The van der Waals surface area contributed by atoms with Crippen LogP contribution in [0.25, 0.3) is 0 Å². The lowest BCUT2D eigenvalue weighted by molar-refractivity contribution is -0.118. The van der Waals surface area contributed by atoms with Crippen molar-refractivity contribution >= 4 is 69.6 Å². The molecule has 0 radical (unpaired) electrons. The summed E-state index contributed by atoms with van der Waals surface area (Å²) in [5.41, 5.74) is 0.940. The van der Waals surface area contributed by atoms with Gasteiger partial charge in [-0.3, -0.25) is 9.59 Å². The van der Waals surface area contributed by atoms with E-state index in [2.05, 4.69) is 10.6 Å². The van der Waals surface area contributed by atoms with Gasteiger partial charge in [-0.2, -0.15) is 0 Å². The van der Waals surface area contributed by atoms with Crippen molar-refractivity contribution in [2.45, 2.75) is 25.7 Å². The Morgan fingerprint density at radius 2 is 1.08 bits per heavy atom. The van der Waals surface area contributed by atoms with Gasteiger partial charge in [0, 0.05) is 22.9 Å². The first kappa shape index (κ1) is 20.8. The normalized spacial score (nSPS) is 10.5. The Morgan fingerprint density at radius 1 is 0.692 bits per heavy atom. The fraction of sp³-hybridized carbons (Fsp3) is 0.222. The molecule has 0 saturated carbocycles. The van der Waals surface area contributed by atoms with Crippen molar-refractivity contribution in [3.05, 3.63) is 56.5 Å². The van der Waals surface area contributed by atoms with Crippen LogP contribution >= 0.6 is 46.4 Å². The molecule has 138 valence electrons. The van der Waals surface area contributed by atoms with Crippen molar-refractivity contribution in [3.63, 3.8) is 0 Å². The first-order valence-corrected chi connectivity index (χ1v) is 9.36. The minimum Gasteiger partial charge on any atom is -0.325 e. The largest absolute Gasteiger partial charge is 0.325 e. The van der Waals surface area contributed by atoms with Gasteiger partial charge in [0.05, 0.1) is 21.4 Å². The molecule has 0 aromatic heterocycles. The molecule has 2 aromatic carbocycles. The molecule has 0 heterocycles. The number of unbranched alkanes of at least 4 members (excludes halogenated alkanes) is 1. The van der Waals surface area contributed by atoms with Crippen LogP contribution in [-0.2, 0) is 9.59 Å². The molecule has 0 fully saturated rings. The zero-order chi connectivity index (χ0) is 19.1. The summed E-state index contributed by atoms with van der Waals surface area (Å²) in [6, 6.07) is 9.69. The number of hydrogen-bond acceptors (Lipinski definition) is 2. The summed E-state index contributed by atoms with van der Waals surface area (Å²) in [4.78, 5) is 23.9. The molecule has 2 N–H and O–H groups in total. The second kappa shape index (κ2) is 10.0. The third-order valence-corrected chi connectivity index (χ3v) is 4.59. The number of anilines is 2. The van der Waals surface area contributed by atoms with Crippen molar-refractivity contribution in [1.82, 2.24) is 0 Å². The van der Waals surface area contributed by atoms with Crippen LogP contribution in [-0.4, -0.2) is 11.8 Å². The Labute approximate surface area is 171 Å². The standard InChI is InChI=1S/C18H16Cl4N2O2/c19-11-5-7-13(21)15(9-11)23-17(25)3-1-2-4-18(26)24-16-10-12(20)6-8-14(16)22/h5-10H,1-4H2,(H,23,25)(H,24,26). The molecule has 2 amide bonds. The predicted octanol–water partition coefficient (Wildman–Crippen LogP) is 6.44. The summed E-state index contributed by atoms with van der Waals surface area (Å²) in [7, 11) is 0. The SMILES string of the molecule is O=C(CCCCC(=O)Nc1cc(Cl)ccc1Cl)Nc1cc(Cl)ccc1Cl. The van der Waals surface area contributed by atoms with Crippen LogP contribution in [0.2, 0.25) is 20.1 Å². The highest BCUT2D eigenvalue weighted by Crippen LogP contribution is 2.26. The van der Waals surface area contributed by atoms with Gasteiger partial charge in [0.2, 0.25) is 11.8 Å². The zero-order valence-corrected chi connectivity index (χ0v) is 16.6. The van der Waals surface area contributed by atoms with Crippen LogP contribution in [0.1, 0.15) is 25.7 Å². The lowest BCUT2D eigenvalue weighted by atomic mass is 10.1. The molecule has 0 unspecified atom stereocenters. The van der Waals surface area contributed by atoms with Crippen LogP contribution in [0, 0.1) is 0 Å². The van der Waals surface area contributed by atoms with E-state index in [1.54, 1.807) is 36.4 Å². The number of halogens is 4. The van der Waals surface area contributed by atoms with Gasteiger partial charge < -0.3 is 10.6 Å². The van der Waals surface area contributed by atoms with Crippen LogP contribution in [0.15, 0.2) is 36.4 Å². The molecular formula is C18H16Cl4N2O2. The zero-order valence-electron chi connectivity index (χ0n) is 13.6. The van der Waals surface area contributed by atoms with E-state index in [1.807, 2.05) is 0 Å². The molecule has 0 saturated heterocycles. The molecule has 2 aromatic rings. The lowest BCUT2D eigenvalue weighted by Crippen LogP contribution is -2.13. The topological polar surface area (TPSA) is 58.2 Å². The second-order valence-corrected chi connectivity index (χ2v) is 7.24. The smallest absolute Gasteiger partial charge is 0.224 e. The van der Waals surface area contributed by atoms with E-state index in [0.717, 1.165) is 0 Å². The summed E-state index contributed by atoms with van der Waals surface area (Å²) in [5, 5.41) is 7.22. The van der Waals surface area contributed by atoms with Crippen LogP contribution in [0.3, 0.4) is 0 Å². The van der Waals surface area contributed by atoms with E-state index in [-0.39, 0.29) is 24.7 Å². The molecule has 0 bridgehead atoms. The maximum atomic E-state index is 11.9. The van der Waals surface area contributed by atoms with Crippen molar-refractivity contribution in [3.8, 4) is 0 Å². The molecule has 4 nitrogen and oxygen atoms in total. The van der Waals surface area contributed by atoms with Gasteiger partial charge in [-0.25, -0.2) is 0 Å². The average Bonchev–Trinajstić information content (AvgIpc) is 2.58. The van der Waals surface area contributed by atoms with E-state index >= 15 is 0 Å². The fourth-order valence-corrected chi connectivity index (χ4v) is 2.86. The summed E-state index contributed by atoms with van der Waals surface area (Å²) >= 11 is 23.7. The van der Waals surface area contributed by atoms with E-state index in [0.29, 0.717) is 44.3 Å². The van der Waals surface area contributed by atoms with Gasteiger partial charge in [-0.1, -0.05) is 46.4 Å². The average molecular weight is 434 g/mol. The molecule has 0 aliphatic carbocycles.